The molecule has 9 heteroatoms. The average molecular weight is 481 g/mol. The molecule has 0 aliphatic carbocycles. The van der Waals surface area contributed by atoms with Crippen LogP contribution in [0.5, 0.6) is 17.2 Å². The van der Waals surface area contributed by atoms with E-state index in [-0.39, 0.29) is 0 Å². The second kappa shape index (κ2) is 11.7. The summed E-state index contributed by atoms with van der Waals surface area (Å²) in [7, 11) is 1.63. The van der Waals surface area contributed by atoms with Crippen molar-refractivity contribution in [1.82, 2.24) is 20.2 Å². The van der Waals surface area contributed by atoms with Crippen molar-refractivity contribution < 1.29 is 9.47 Å². The normalized spacial score (nSPS) is 13.4. The monoisotopic (exact) mass is 480 g/mol. The van der Waals surface area contributed by atoms with Gasteiger partial charge in [-0.2, -0.15) is 0 Å². The molecule has 0 amide bonds. The molecule has 2 aromatic carbocycles. The molecule has 0 unspecified atom stereocenters. The third kappa shape index (κ3) is 6.39. The van der Waals surface area contributed by atoms with Gasteiger partial charge in [-0.25, -0.2) is 4.98 Å². The number of nitrogens with zero attached hydrogens (tertiary/aromatic N) is 3. The minimum atomic E-state index is 0.571. The predicted molar refractivity (Wildman–Crippen MR) is 140 cm³/mol. The number of ether oxygens (including phenoxy) is 2. The van der Waals surface area contributed by atoms with Crippen LogP contribution in [0.2, 0.25) is 0 Å². The van der Waals surface area contributed by atoms with Crippen LogP contribution in [0.15, 0.2) is 55.0 Å². The van der Waals surface area contributed by atoms with E-state index in [4.69, 9.17) is 21.7 Å². The van der Waals surface area contributed by atoms with Crippen LogP contribution in [0.3, 0.4) is 0 Å². The first kappa shape index (κ1) is 23.8. The number of piperazine rings is 1. The molecule has 0 atom stereocenters. The maximum atomic E-state index is 6.09. The number of thiocarbonyl (C=S) groups is 1. The summed E-state index contributed by atoms with van der Waals surface area (Å²) >= 11 is 5.44. The van der Waals surface area contributed by atoms with Crippen molar-refractivity contribution in [3.05, 3.63) is 60.7 Å². The molecule has 3 N–H and O–H groups in total. The molecule has 1 aliphatic heterocycles. The molecule has 0 spiro atoms. The van der Waals surface area contributed by atoms with Gasteiger partial charge in [0, 0.05) is 68.6 Å². The van der Waals surface area contributed by atoms with Gasteiger partial charge in [0.2, 0.25) is 0 Å². The fraction of sp³-hybridized carbons (Fsp3) is 0.360. The Morgan fingerprint density at radius 1 is 1.12 bits per heavy atom. The second-order valence-electron chi connectivity index (χ2n) is 8.16. The lowest BCUT2D eigenvalue weighted by Gasteiger charge is -2.29. The highest BCUT2D eigenvalue weighted by molar-refractivity contribution is 7.80. The highest BCUT2D eigenvalue weighted by atomic mass is 32.1. The minimum absolute atomic E-state index is 0.571. The number of rotatable bonds is 9. The molecule has 34 heavy (non-hydrogen) atoms. The summed E-state index contributed by atoms with van der Waals surface area (Å²) in [6.07, 6.45) is 4.66. The summed E-state index contributed by atoms with van der Waals surface area (Å²) in [6.45, 7) is 7.78. The average Bonchev–Trinajstić information content (AvgIpc) is 3.28. The third-order valence-electron chi connectivity index (χ3n) is 5.75. The van der Waals surface area contributed by atoms with Gasteiger partial charge in [0.1, 0.15) is 5.75 Å². The van der Waals surface area contributed by atoms with E-state index in [0.717, 1.165) is 62.8 Å². The Morgan fingerprint density at radius 2 is 1.91 bits per heavy atom. The van der Waals surface area contributed by atoms with Crippen molar-refractivity contribution in [3.63, 3.8) is 0 Å². The Morgan fingerprint density at radius 3 is 2.62 bits per heavy atom. The molecule has 4 rings (SSSR count). The lowest BCUT2D eigenvalue weighted by atomic mass is 10.2. The van der Waals surface area contributed by atoms with E-state index in [0.29, 0.717) is 16.6 Å². The summed E-state index contributed by atoms with van der Waals surface area (Å²) in [5, 5.41) is 10.4. The van der Waals surface area contributed by atoms with Gasteiger partial charge >= 0.3 is 0 Å². The molecule has 2 heterocycles. The first-order valence-corrected chi connectivity index (χ1v) is 12.0. The highest BCUT2D eigenvalue weighted by Crippen LogP contribution is 2.34. The number of hydrogen-bond donors (Lipinski definition) is 3. The molecule has 1 aliphatic rings. The lowest BCUT2D eigenvalue weighted by molar-refractivity contribution is 0.379. The van der Waals surface area contributed by atoms with Crippen LogP contribution in [0, 0.1) is 6.92 Å². The molecule has 8 nitrogen and oxygen atoms in total. The second-order valence-corrected chi connectivity index (χ2v) is 8.57. The molecule has 180 valence electrons. The summed E-state index contributed by atoms with van der Waals surface area (Å²) in [6, 6.07) is 13.9. The summed E-state index contributed by atoms with van der Waals surface area (Å²) in [5.74, 6) is 2.05. The van der Waals surface area contributed by atoms with Crippen molar-refractivity contribution in [2.24, 2.45) is 0 Å². The number of aromatic nitrogens is 2. The molecule has 3 aromatic rings. The minimum Gasteiger partial charge on any atom is -0.493 e. The predicted octanol–water partition coefficient (Wildman–Crippen LogP) is 3.78. The van der Waals surface area contributed by atoms with Crippen LogP contribution in [0.4, 0.5) is 11.4 Å². The standard InChI is InChI=1S/C25H32N6O2S/c1-19-17-27-18-31(19)13-3-10-28-25(34)29-20-4-9-23(24(16-20)32-2)33-22-7-5-21(6-8-22)30-14-11-26-12-15-30/h4-9,16-18,26H,3,10-15H2,1-2H3,(H2,28,29,34). The molecule has 1 aromatic heterocycles. The van der Waals surface area contributed by atoms with Gasteiger partial charge in [0.25, 0.3) is 0 Å². The Hall–Kier alpha value is -3.30. The summed E-state index contributed by atoms with van der Waals surface area (Å²) < 4.78 is 13.8. The number of anilines is 2. The van der Waals surface area contributed by atoms with Gasteiger partial charge < -0.3 is 34.9 Å². The van der Waals surface area contributed by atoms with Crippen LogP contribution >= 0.6 is 12.2 Å². The maximum absolute atomic E-state index is 6.09. The molecular formula is C25H32N6O2S. The Balaban J connectivity index is 1.28. The van der Waals surface area contributed by atoms with Crippen molar-refractivity contribution in [2.75, 3.05) is 50.1 Å². The van der Waals surface area contributed by atoms with Gasteiger partial charge in [-0.3, -0.25) is 0 Å². The molecule has 0 saturated carbocycles. The molecule has 0 bridgehead atoms. The van der Waals surface area contributed by atoms with Crippen LogP contribution < -0.4 is 30.3 Å². The molecule has 0 radical (unpaired) electrons. The number of aryl methyl sites for hydroxylation is 2. The number of nitrogens with one attached hydrogen (secondary N) is 3. The van der Waals surface area contributed by atoms with Crippen molar-refractivity contribution in [3.8, 4) is 17.2 Å². The zero-order valence-electron chi connectivity index (χ0n) is 19.7. The van der Waals surface area contributed by atoms with E-state index >= 15 is 0 Å². The van der Waals surface area contributed by atoms with E-state index in [1.807, 2.05) is 42.9 Å². The number of methoxy groups -OCH3 is 1. The van der Waals surface area contributed by atoms with Crippen molar-refractivity contribution in [2.45, 2.75) is 19.9 Å². The highest BCUT2D eigenvalue weighted by Gasteiger charge is 2.12. The van der Waals surface area contributed by atoms with E-state index < -0.39 is 0 Å². The first-order valence-electron chi connectivity index (χ1n) is 11.6. The van der Waals surface area contributed by atoms with Gasteiger partial charge in [0.15, 0.2) is 16.6 Å². The SMILES string of the molecule is COc1cc(NC(=S)NCCCn2cncc2C)ccc1Oc1ccc(N2CCNCC2)cc1. The van der Waals surface area contributed by atoms with Crippen LogP contribution in [0.25, 0.3) is 0 Å². The zero-order chi connectivity index (χ0) is 23.8. The van der Waals surface area contributed by atoms with E-state index in [9.17, 15) is 0 Å². The van der Waals surface area contributed by atoms with E-state index in [1.165, 1.54) is 5.69 Å². The van der Waals surface area contributed by atoms with Gasteiger partial charge in [-0.1, -0.05) is 0 Å². The maximum Gasteiger partial charge on any atom is 0.170 e. The third-order valence-corrected chi connectivity index (χ3v) is 6.00. The summed E-state index contributed by atoms with van der Waals surface area (Å²) in [4.78, 5) is 6.51. The smallest absolute Gasteiger partial charge is 0.170 e. The Bertz CT molecular complexity index is 1080. The number of hydrogen-bond acceptors (Lipinski definition) is 6. The van der Waals surface area contributed by atoms with E-state index in [1.54, 1.807) is 7.11 Å². The molecular weight excluding hydrogens is 448 g/mol. The zero-order valence-corrected chi connectivity index (χ0v) is 20.5. The topological polar surface area (TPSA) is 75.6 Å². The van der Waals surface area contributed by atoms with Gasteiger partial charge in [-0.15, -0.1) is 0 Å². The Kier molecular flexibility index (Phi) is 8.21. The van der Waals surface area contributed by atoms with Crippen LogP contribution in [-0.2, 0) is 6.54 Å². The Labute approximate surface area is 206 Å². The number of imidazole rings is 1. The van der Waals surface area contributed by atoms with Crippen molar-refractivity contribution >= 4 is 28.7 Å². The summed E-state index contributed by atoms with van der Waals surface area (Å²) in [5.41, 5.74) is 3.20. The van der Waals surface area contributed by atoms with Gasteiger partial charge in [0.05, 0.1) is 13.4 Å². The van der Waals surface area contributed by atoms with E-state index in [2.05, 4.69) is 49.5 Å². The van der Waals surface area contributed by atoms with Crippen LogP contribution in [-0.4, -0.2) is 54.5 Å². The van der Waals surface area contributed by atoms with Crippen LogP contribution in [0.1, 0.15) is 12.1 Å². The van der Waals surface area contributed by atoms with Crippen molar-refractivity contribution in [1.29, 1.82) is 0 Å². The number of benzene rings is 2. The molecule has 1 fully saturated rings. The molecule has 1 saturated heterocycles. The quantitative estimate of drug-likeness (QED) is 0.316. The first-order chi connectivity index (χ1) is 16.6. The lowest BCUT2D eigenvalue weighted by Crippen LogP contribution is -2.43. The largest absolute Gasteiger partial charge is 0.493 e. The fourth-order valence-corrected chi connectivity index (χ4v) is 4.07. The fourth-order valence-electron chi connectivity index (χ4n) is 3.85. The van der Waals surface area contributed by atoms with Gasteiger partial charge in [-0.05, 0) is 62.0 Å².